The summed E-state index contributed by atoms with van der Waals surface area (Å²) in [6.45, 7) is 1.73. The number of carbonyl (C=O) groups excluding carboxylic acids is 1. The van der Waals surface area contributed by atoms with Crippen LogP contribution in [0.15, 0.2) is 47.4 Å². The van der Waals surface area contributed by atoms with Gasteiger partial charge in [-0.15, -0.1) is 0 Å². The van der Waals surface area contributed by atoms with E-state index in [4.69, 9.17) is 14.2 Å². The van der Waals surface area contributed by atoms with Crippen molar-refractivity contribution in [2.75, 3.05) is 53.6 Å². The van der Waals surface area contributed by atoms with Gasteiger partial charge in [0.2, 0.25) is 10.0 Å². The molecule has 2 aromatic rings. The minimum atomic E-state index is -3.72. The number of methoxy groups -OCH3 is 2. The van der Waals surface area contributed by atoms with Crippen LogP contribution in [0.1, 0.15) is 6.42 Å². The number of sulfonamides is 1. The summed E-state index contributed by atoms with van der Waals surface area (Å²) in [6.07, 6.45) is 0.580. The number of carbonyl (C=O) groups is 1. The first-order valence-electron chi connectivity index (χ1n) is 10.5. The van der Waals surface area contributed by atoms with Crippen molar-refractivity contribution in [1.29, 1.82) is 0 Å². The minimum Gasteiger partial charge on any atom is -0.494 e. The van der Waals surface area contributed by atoms with E-state index in [1.54, 1.807) is 23.1 Å². The topological polar surface area (TPSA) is 97.4 Å². The smallest absolute Gasteiger partial charge is 0.317 e. The first kappa shape index (κ1) is 24.6. The molecule has 1 fully saturated rings. The molecule has 0 spiro atoms. The fourth-order valence-corrected chi connectivity index (χ4v) is 4.80. The van der Waals surface area contributed by atoms with Gasteiger partial charge in [0.05, 0.1) is 25.7 Å². The fraction of sp³-hybridized carbons (Fsp3) is 0.409. The molecule has 9 nitrogen and oxygen atoms in total. The zero-order chi connectivity index (χ0) is 23.8. The molecule has 3 rings (SSSR count). The second kappa shape index (κ2) is 11.2. The number of nitrogens with zero attached hydrogens (tertiary/aromatic N) is 2. The van der Waals surface area contributed by atoms with E-state index in [1.807, 2.05) is 0 Å². The van der Waals surface area contributed by atoms with Crippen molar-refractivity contribution in [2.45, 2.75) is 11.3 Å². The molecule has 1 aliphatic heterocycles. The number of hydrogen-bond acceptors (Lipinski definition) is 6. The maximum Gasteiger partial charge on any atom is 0.317 e. The van der Waals surface area contributed by atoms with Crippen molar-refractivity contribution in [3.8, 4) is 17.2 Å². The second-order valence-corrected chi connectivity index (χ2v) is 9.23. The summed E-state index contributed by atoms with van der Waals surface area (Å²) in [5, 5.41) is 2.81. The van der Waals surface area contributed by atoms with E-state index in [0.717, 1.165) is 0 Å². The molecule has 2 aromatic carbocycles. The average molecular weight is 482 g/mol. The van der Waals surface area contributed by atoms with Crippen LogP contribution in [0.4, 0.5) is 9.18 Å². The van der Waals surface area contributed by atoms with Crippen LogP contribution in [-0.4, -0.2) is 77.2 Å². The minimum absolute atomic E-state index is 0.110. The molecule has 2 amide bonds. The van der Waals surface area contributed by atoms with E-state index in [9.17, 15) is 17.6 Å². The molecule has 0 atom stereocenters. The van der Waals surface area contributed by atoms with Crippen molar-refractivity contribution in [1.82, 2.24) is 14.5 Å². The zero-order valence-electron chi connectivity index (χ0n) is 18.6. The molecule has 0 aromatic heterocycles. The first-order valence-corrected chi connectivity index (χ1v) is 11.9. The number of amides is 2. The number of halogens is 1. The lowest BCUT2D eigenvalue weighted by molar-refractivity contribution is 0.171. The summed E-state index contributed by atoms with van der Waals surface area (Å²) in [7, 11) is -0.797. The van der Waals surface area contributed by atoms with Crippen molar-refractivity contribution in [3.05, 3.63) is 48.3 Å². The molecule has 0 radical (unpaired) electrons. The van der Waals surface area contributed by atoms with Gasteiger partial charge in [-0.1, -0.05) is 0 Å². The van der Waals surface area contributed by atoms with Gasteiger partial charge < -0.3 is 24.4 Å². The number of piperazine rings is 1. The summed E-state index contributed by atoms with van der Waals surface area (Å²) in [4.78, 5) is 14.1. The van der Waals surface area contributed by atoms with Crippen LogP contribution in [0.5, 0.6) is 17.2 Å². The van der Waals surface area contributed by atoms with Gasteiger partial charge in [-0.05, 0) is 42.8 Å². The third-order valence-corrected chi connectivity index (χ3v) is 7.09. The lowest BCUT2D eigenvalue weighted by Crippen LogP contribution is -2.53. The molecule has 1 aliphatic rings. The van der Waals surface area contributed by atoms with Gasteiger partial charge in [0.25, 0.3) is 0 Å². The predicted molar refractivity (Wildman–Crippen MR) is 120 cm³/mol. The molecular formula is C22H28FN3O6S. The Bertz CT molecular complexity index is 1040. The highest BCUT2D eigenvalue weighted by atomic mass is 32.2. The molecule has 0 bridgehead atoms. The molecule has 0 saturated carbocycles. The van der Waals surface area contributed by atoms with Gasteiger partial charge in [0.15, 0.2) is 11.5 Å². The number of rotatable bonds is 9. The van der Waals surface area contributed by atoms with Crippen molar-refractivity contribution in [2.24, 2.45) is 0 Å². The van der Waals surface area contributed by atoms with Crippen molar-refractivity contribution in [3.63, 3.8) is 0 Å². The molecule has 0 aliphatic carbocycles. The van der Waals surface area contributed by atoms with Crippen LogP contribution in [0, 0.1) is 5.82 Å². The molecule has 1 N–H and O–H groups in total. The zero-order valence-corrected chi connectivity index (χ0v) is 19.4. The Kier molecular flexibility index (Phi) is 8.34. The summed E-state index contributed by atoms with van der Waals surface area (Å²) in [6, 6.07) is 9.94. The van der Waals surface area contributed by atoms with Gasteiger partial charge in [0.1, 0.15) is 11.6 Å². The van der Waals surface area contributed by atoms with Crippen LogP contribution < -0.4 is 19.5 Å². The van der Waals surface area contributed by atoms with Gasteiger partial charge in [-0.25, -0.2) is 17.6 Å². The molecule has 0 unspecified atom stereocenters. The molecule has 33 heavy (non-hydrogen) atoms. The Hall–Kier alpha value is -3.05. The standard InChI is InChI=1S/C22H28FN3O6S/c1-30-20-9-8-19(16-21(20)31-2)33(28,29)26-13-11-25(12-14-26)22(27)24-10-3-15-32-18-6-4-17(23)5-7-18/h4-9,16H,3,10-15H2,1-2H3,(H,24,27). The largest absolute Gasteiger partial charge is 0.494 e. The Morgan fingerprint density at radius 3 is 2.30 bits per heavy atom. The van der Waals surface area contributed by atoms with Crippen LogP contribution in [-0.2, 0) is 10.0 Å². The normalized spacial score (nSPS) is 14.6. The number of ether oxygens (including phenoxy) is 3. The van der Waals surface area contributed by atoms with Crippen LogP contribution in [0.2, 0.25) is 0 Å². The van der Waals surface area contributed by atoms with Gasteiger partial charge >= 0.3 is 6.03 Å². The maximum absolute atomic E-state index is 13.0. The molecule has 11 heteroatoms. The summed E-state index contributed by atoms with van der Waals surface area (Å²) in [5.74, 6) is 1.02. The highest BCUT2D eigenvalue weighted by Crippen LogP contribution is 2.30. The summed E-state index contributed by atoms with van der Waals surface area (Å²) < 4.78 is 56.1. The monoisotopic (exact) mass is 481 g/mol. The maximum atomic E-state index is 13.0. The molecule has 180 valence electrons. The quantitative estimate of drug-likeness (QED) is 0.552. The second-order valence-electron chi connectivity index (χ2n) is 7.30. The highest BCUT2D eigenvalue weighted by molar-refractivity contribution is 7.89. The Morgan fingerprint density at radius 1 is 1.00 bits per heavy atom. The summed E-state index contributed by atoms with van der Waals surface area (Å²) in [5.41, 5.74) is 0. The van der Waals surface area contributed by atoms with Crippen LogP contribution >= 0.6 is 0 Å². The van der Waals surface area contributed by atoms with Gasteiger partial charge in [0, 0.05) is 38.8 Å². The SMILES string of the molecule is COc1ccc(S(=O)(=O)N2CCN(C(=O)NCCCOc3ccc(F)cc3)CC2)cc1OC. The van der Waals surface area contributed by atoms with Crippen LogP contribution in [0.25, 0.3) is 0 Å². The lowest BCUT2D eigenvalue weighted by Gasteiger charge is -2.34. The van der Waals surface area contributed by atoms with E-state index < -0.39 is 10.0 Å². The van der Waals surface area contributed by atoms with E-state index in [0.29, 0.717) is 36.8 Å². The third-order valence-electron chi connectivity index (χ3n) is 5.20. The molecular weight excluding hydrogens is 453 g/mol. The Labute approximate surface area is 193 Å². The van der Waals surface area contributed by atoms with Gasteiger partial charge in [-0.2, -0.15) is 4.31 Å². The average Bonchev–Trinajstić information content (AvgIpc) is 2.84. The van der Waals surface area contributed by atoms with E-state index in [-0.39, 0.29) is 42.9 Å². The Balaban J connectivity index is 1.44. The number of nitrogens with one attached hydrogen (secondary N) is 1. The van der Waals surface area contributed by atoms with Crippen molar-refractivity contribution < 1.29 is 31.8 Å². The third kappa shape index (κ3) is 6.26. The molecule has 1 heterocycles. The number of urea groups is 1. The van der Waals surface area contributed by atoms with E-state index in [1.165, 1.54) is 42.8 Å². The van der Waals surface area contributed by atoms with Gasteiger partial charge in [-0.3, -0.25) is 0 Å². The lowest BCUT2D eigenvalue weighted by atomic mass is 10.3. The van der Waals surface area contributed by atoms with E-state index >= 15 is 0 Å². The number of hydrogen-bond donors (Lipinski definition) is 1. The summed E-state index contributed by atoms with van der Waals surface area (Å²) >= 11 is 0. The van der Waals surface area contributed by atoms with Crippen molar-refractivity contribution >= 4 is 16.1 Å². The first-order chi connectivity index (χ1) is 15.8. The van der Waals surface area contributed by atoms with E-state index in [2.05, 4.69) is 5.32 Å². The fourth-order valence-electron chi connectivity index (χ4n) is 3.36. The Morgan fingerprint density at radius 2 is 1.67 bits per heavy atom. The molecule has 1 saturated heterocycles. The predicted octanol–water partition coefficient (Wildman–Crippen LogP) is 2.33. The highest BCUT2D eigenvalue weighted by Gasteiger charge is 2.30. The van der Waals surface area contributed by atoms with Crippen LogP contribution in [0.3, 0.4) is 0 Å². The number of benzene rings is 2.